The van der Waals surface area contributed by atoms with E-state index in [0.29, 0.717) is 13.1 Å². The Morgan fingerprint density at radius 2 is 2.12 bits per heavy atom. The molecule has 3 aromatic rings. The van der Waals surface area contributed by atoms with Crippen LogP contribution in [0.5, 0.6) is 5.75 Å². The van der Waals surface area contributed by atoms with E-state index in [2.05, 4.69) is 31.1 Å². The zero-order valence-corrected chi connectivity index (χ0v) is 15.9. The third kappa shape index (κ3) is 3.21. The minimum absolute atomic E-state index is 0.0205. The molecular weight excluding hydrogens is 402 g/mol. The molecular formula is C18H16BrN3O2S. The number of halogens is 1. The Bertz CT molecular complexity index is 937. The van der Waals surface area contributed by atoms with Crippen molar-refractivity contribution in [1.82, 2.24) is 4.98 Å². The van der Waals surface area contributed by atoms with Crippen LogP contribution < -0.4 is 15.0 Å². The lowest BCUT2D eigenvalue weighted by Gasteiger charge is -2.37. The Morgan fingerprint density at radius 3 is 2.88 bits per heavy atom. The van der Waals surface area contributed by atoms with E-state index in [1.807, 2.05) is 42.5 Å². The van der Waals surface area contributed by atoms with E-state index in [1.54, 1.807) is 18.4 Å². The molecule has 2 aromatic carbocycles. The fraction of sp³-hybridized carbons (Fsp3) is 0.222. The van der Waals surface area contributed by atoms with E-state index in [9.17, 15) is 4.79 Å². The molecule has 0 atom stereocenters. The van der Waals surface area contributed by atoms with Gasteiger partial charge in [-0.15, -0.1) is 0 Å². The number of aromatic nitrogens is 1. The number of benzene rings is 2. The Kier molecular flexibility index (Phi) is 4.35. The van der Waals surface area contributed by atoms with Crippen LogP contribution in [0.4, 0.5) is 10.8 Å². The number of para-hydroxylation sites is 1. The van der Waals surface area contributed by atoms with Crippen molar-refractivity contribution < 1.29 is 9.53 Å². The van der Waals surface area contributed by atoms with Crippen molar-refractivity contribution in [3.05, 3.63) is 46.9 Å². The lowest BCUT2D eigenvalue weighted by atomic mass is 10.00. The van der Waals surface area contributed by atoms with E-state index in [1.165, 1.54) is 0 Å². The van der Waals surface area contributed by atoms with Gasteiger partial charge in [0.05, 0.1) is 17.7 Å². The van der Waals surface area contributed by atoms with Gasteiger partial charge in [0.25, 0.3) is 0 Å². The van der Waals surface area contributed by atoms with Crippen molar-refractivity contribution in [1.29, 1.82) is 0 Å². The number of ether oxygens (including phenoxy) is 1. The molecule has 0 unspecified atom stereocenters. The summed E-state index contributed by atoms with van der Waals surface area (Å²) in [5.41, 5.74) is 1.69. The third-order valence-electron chi connectivity index (χ3n) is 4.21. The number of carbonyl (C=O) groups is 1. The van der Waals surface area contributed by atoms with Gasteiger partial charge in [-0.05, 0) is 30.3 Å². The molecule has 1 fully saturated rings. The number of anilines is 2. The van der Waals surface area contributed by atoms with E-state index < -0.39 is 0 Å². The highest BCUT2D eigenvalue weighted by Gasteiger charge is 2.34. The standard InChI is InChI=1S/C18H16BrN3O2S/c1-24-14-6-3-7-15-16(14)21-18(25-15)22-9-11(10-22)17(23)20-13-5-2-4-12(19)8-13/h2-8,11H,9-10H2,1H3,(H,20,23). The maximum Gasteiger partial charge on any atom is 0.231 e. The minimum Gasteiger partial charge on any atom is -0.494 e. The lowest BCUT2D eigenvalue weighted by molar-refractivity contribution is -0.120. The largest absolute Gasteiger partial charge is 0.494 e. The van der Waals surface area contributed by atoms with Gasteiger partial charge < -0.3 is 15.0 Å². The predicted molar refractivity (Wildman–Crippen MR) is 105 cm³/mol. The highest BCUT2D eigenvalue weighted by atomic mass is 79.9. The number of nitrogens with one attached hydrogen (secondary N) is 1. The summed E-state index contributed by atoms with van der Waals surface area (Å²) in [7, 11) is 1.65. The van der Waals surface area contributed by atoms with Crippen molar-refractivity contribution in [2.75, 3.05) is 30.4 Å². The molecule has 1 N–H and O–H groups in total. The molecule has 1 aliphatic rings. The Balaban J connectivity index is 1.42. The Morgan fingerprint density at radius 1 is 1.32 bits per heavy atom. The van der Waals surface area contributed by atoms with Crippen LogP contribution in [0.1, 0.15) is 0 Å². The zero-order valence-electron chi connectivity index (χ0n) is 13.5. The van der Waals surface area contributed by atoms with E-state index in [0.717, 1.165) is 31.3 Å². The monoisotopic (exact) mass is 417 g/mol. The fourth-order valence-electron chi connectivity index (χ4n) is 2.82. The number of fused-ring (bicyclic) bond motifs is 1. The fourth-order valence-corrected chi connectivity index (χ4v) is 4.22. The van der Waals surface area contributed by atoms with Crippen molar-refractivity contribution in [2.45, 2.75) is 0 Å². The van der Waals surface area contributed by atoms with Crippen molar-refractivity contribution in [3.63, 3.8) is 0 Å². The second-order valence-corrected chi connectivity index (χ2v) is 7.83. The molecule has 2 heterocycles. The number of methoxy groups -OCH3 is 1. The molecule has 25 heavy (non-hydrogen) atoms. The lowest BCUT2D eigenvalue weighted by Crippen LogP contribution is -2.52. The van der Waals surface area contributed by atoms with E-state index in [4.69, 9.17) is 4.74 Å². The summed E-state index contributed by atoms with van der Waals surface area (Å²) in [5, 5.41) is 3.91. The number of thiazole rings is 1. The molecule has 0 spiro atoms. The summed E-state index contributed by atoms with van der Waals surface area (Å²) in [6.07, 6.45) is 0. The summed E-state index contributed by atoms with van der Waals surface area (Å²) in [6.45, 7) is 1.37. The van der Waals surface area contributed by atoms with Gasteiger partial charge in [-0.2, -0.15) is 0 Å². The summed E-state index contributed by atoms with van der Waals surface area (Å²) in [5.74, 6) is 0.811. The van der Waals surface area contributed by atoms with Crippen LogP contribution in [0.25, 0.3) is 10.2 Å². The highest BCUT2D eigenvalue weighted by molar-refractivity contribution is 9.10. The topological polar surface area (TPSA) is 54.5 Å². The number of rotatable bonds is 4. The van der Waals surface area contributed by atoms with Gasteiger partial charge in [0, 0.05) is 23.2 Å². The van der Waals surface area contributed by atoms with Crippen molar-refractivity contribution in [3.8, 4) is 5.75 Å². The maximum atomic E-state index is 12.4. The Hall–Kier alpha value is -2.12. The van der Waals surface area contributed by atoms with Gasteiger partial charge in [-0.25, -0.2) is 4.98 Å². The summed E-state index contributed by atoms with van der Waals surface area (Å²) < 4.78 is 7.41. The van der Waals surface area contributed by atoms with Gasteiger partial charge in [-0.3, -0.25) is 4.79 Å². The molecule has 0 aliphatic carbocycles. The molecule has 4 rings (SSSR count). The summed E-state index contributed by atoms with van der Waals surface area (Å²) >= 11 is 5.04. The van der Waals surface area contributed by atoms with E-state index >= 15 is 0 Å². The number of carbonyl (C=O) groups excluding carboxylic acids is 1. The SMILES string of the molecule is COc1cccc2sc(N3CC(C(=O)Nc4cccc(Br)c4)C3)nc12. The van der Waals surface area contributed by atoms with Gasteiger partial charge in [0.2, 0.25) is 5.91 Å². The van der Waals surface area contributed by atoms with Crippen LogP contribution in [-0.2, 0) is 4.79 Å². The first-order valence-corrected chi connectivity index (χ1v) is 9.50. The van der Waals surface area contributed by atoms with Crippen LogP contribution in [0.3, 0.4) is 0 Å². The van der Waals surface area contributed by atoms with Crippen LogP contribution in [0.2, 0.25) is 0 Å². The minimum atomic E-state index is -0.0205. The predicted octanol–water partition coefficient (Wildman–Crippen LogP) is 4.14. The molecule has 0 saturated carbocycles. The molecule has 0 radical (unpaired) electrons. The quantitative estimate of drug-likeness (QED) is 0.692. The average Bonchev–Trinajstić information content (AvgIpc) is 2.96. The van der Waals surface area contributed by atoms with Crippen LogP contribution in [0.15, 0.2) is 46.9 Å². The molecule has 1 amide bonds. The number of hydrogen-bond acceptors (Lipinski definition) is 5. The first-order chi connectivity index (χ1) is 12.1. The van der Waals surface area contributed by atoms with Gasteiger partial charge in [-0.1, -0.05) is 39.4 Å². The average molecular weight is 418 g/mol. The van der Waals surface area contributed by atoms with Crippen LogP contribution in [-0.4, -0.2) is 31.1 Å². The number of nitrogens with zero attached hydrogens (tertiary/aromatic N) is 2. The molecule has 1 aromatic heterocycles. The Labute approximate surface area is 157 Å². The molecule has 1 saturated heterocycles. The highest BCUT2D eigenvalue weighted by Crippen LogP contribution is 2.36. The van der Waals surface area contributed by atoms with Gasteiger partial charge >= 0.3 is 0 Å². The second kappa shape index (κ2) is 6.65. The van der Waals surface area contributed by atoms with Crippen LogP contribution in [0, 0.1) is 5.92 Å². The number of amides is 1. The molecule has 5 nitrogen and oxygen atoms in total. The van der Waals surface area contributed by atoms with Crippen molar-refractivity contribution in [2.24, 2.45) is 5.92 Å². The molecule has 128 valence electrons. The van der Waals surface area contributed by atoms with Gasteiger partial charge in [0.15, 0.2) is 5.13 Å². The normalized spacial score (nSPS) is 14.4. The van der Waals surface area contributed by atoms with Crippen molar-refractivity contribution >= 4 is 54.2 Å². The number of hydrogen-bond donors (Lipinski definition) is 1. The summed E-state index contributed by atoms with van der Waals surface area (Å²) in [6, 6.07) is 13.5. The molecule has 7 heteroatoms. The summed E-state index contributed by atoms with van der Waals surface area (Å²) in [4.78, 5) is 19.2. The van der Waals surface area contributed by atoms with Crippen LogP contribution >= 0.6 is 27.3 Å². The third-order valence-corrected chi connectivity index (χ3v) is 5.78. The maximum absolute atomic E-state index is 12.4. The van der Waals surface area contributed by atoms with E-state index in [-0.39, 0.29) is 11.8 Å². The second-order valence-electron chi connectivity index (χ2n) is 5.90. The van der Waals surface area contributed by atoms with Gasteiger partial charge in [0.1, 0.15) is 11.3 Å². The first-order valence-electron chi connectivity index (χ1n) is 7.89. The first kappa shape index (κ1) is 16.4. The smallest absolute Gasteiger partial charge is 0.231 e. The zero-order chi connectivity index (χ0) is 17.4. The molecule has 1 aliphatic heterocycles. The molecule has 0 bridgehead atoms.